The first-order chi connectivity index (χ1) is 9.86. The number of rotatable bonds is 8. The fraction of sp³-hybridized carbons (Fsp3) is 0.417. The number of carbonyl (C=O) groups is 1. The Morgan fingerprint density at radius 2 is 2.29 bits per heavy atom. The van der Waals surface area contributed by atoms with E-state index in [0.717, 1.165) is 18.6 Å². The lowest BCUT2D eigenvalue weighted by atomic mass is 10.2. The monoisotopic (exact) mass is 364 g/mol. The highest BCUT2D eigenvalue weighted by molar-refractivity contribution is 9.10. The number of ether oxygens (including phenoxy) is 1. The molecule has 1 aromatic carbocycles. The summed E-state index contributed by atoms with van der Waals surface area (Å²) in [5.74, 6) is -2.20. The average molecular weight is 365 g/mol. The molecule has 7 nitrogen and oxygen atoms in total. The zero-order chi connectivity index (χ0) is 16.0. The number of hydrogen-bond donors (Lipinski definition) is 2. The van der Waals surface area contributed by atoms with E-state index in [-0.39, 0.29) is 16.8 Å². The van der Waals surface area contributed by atoms with E-state index >= 15 is 0 Å². The number of halogens is 2. The summed E-state index contributed by atoms with van der Waals surface area (Å²) in [6.07, 6.45) is 0.719. The molecule has 0 aliphatic heterocycles. The molecule has 0 spiro atoms. The van der Waals surface area contributed by atoms with Crippen molar-refractivity contribution < 1.29 is 24.0 Å². The van der Waals surface area contributed by atoms with Crippen LogP contribution in [0, 0.1) is 15.9 Å². The minimum absolute atomic E-state index is 0.0690. The predicted octanol–water partition coefficient (Wildman–Crippen LogP) is 2.33. The van der Waals surface area contributed by atoms with Gasteiger partial charge in [-0.25, -0.2) is 4.39 Å². The Balaban J connectivity index is 2.88. The van der Waals surface area contributed by atoms with Crippen molar-refractivity contribution in [1.82, 2.24) is 5.32 Å². The van der Waals surface area contributed by atoms with E-state index in [0.29, 0.717) is 6.54 Å². The average Bonchev–Trinajstić information content (AvgIpc) is 2.41. The van der Waals surface area contributed by atoms with Crippen molar-refractivity contribution in [2.24, 2.45) is 0 Å². The number of hydrogen-bond acceptors (Lipinski definition) is 5. The van der Waals surface area contributed by atoms with Crippen molar-refractivity contribution in [3.63, 3.8) is 0 Å². The van der Waals surface area contributed by atoms with Gasteiger partial charge >= 0.3 is 11.7 Å². The third kappa shape index (κ3) is 4.94. The molecule has 1 unspecified atom stereocenters. The summed E-state index contributed by atoms with van der Waals surface area (Å²) < 4.78 is 18.5. The van der Waals surface area contributed by atoms with Crippen molar-refractivity contribution in [2.75, 3.05) is 13.2 Å². The van der Waals surface area contributed by atoms with E-state index in [1.165, 1.54) is 0 Å². The topological polar surface area (TPSA) is 102 Å². The van der Waals surface area contributed by atoms with E-state index in [4.69, 9.17) is 9.84 Å². The molecule has 0 saturated heterocycles. The van der Waals surface area contributed by atoms with Crippen LogP contribution in [0.15, 0.2) is 16.6 Å². The molecule has 9 heteroatoms. The molecule has 0 aliphatic rings. The first-order valence-electron chi connectivity index (χ1n) is 6.09. The number of nitrogens with zero attached hydrogens (tertiary/aromatic N) is 1. The number of benzene rings is 1. The maximum absolute atomic E-state index is 13.4. The van der Waals surface area contributed by atoms with E-state index < -0.39 is 28.4 Å². The molecule has 1 aromatic rings. The summed E-state index contributed by atoms with van der Waals surface area (Å²) in [6, 6.07) is 0.789. The number of nitro groups is 1. The smallest absolute Gasteiger partial charge is 0.324 e. The van der Waals surface area contributed by atoms with Crippen molar-refractivity contribution >= 4 is 27.6 Å². The second kappa shape index (κ2) is 7.89. The molecule has 2 N–H and O–H groups in total. The molecule has 0 fully saturated rings. The molecule has 1 atom stereocenters. The molecule has 0 radical (unpaired) electrons. The maximum atomic E-state index is 13.4. The molecule has 0 heterocycles. The molecule has 0 aromatic heterocycles. The van der Waals surface area contributed by atoms with Gasteiger partial charge in [-0.15, -0.1) is 0 Å². The Labute approximate surface area is 128 Å². The fourth-order valence-corrected chi connectivity index (χ4v) is 1.82. The molecule has 0 saturated carbocycles. The Kier molecular flexibility index (Phi) is 6.50. The van der Waals surface area contributed by atoms with Crippen LogP contribution in [0.3, 0.4) is 0 Å². The maximum Gasteiger partial charge on any atom is 0.324 e. The summed E-state index contributed by atoms with van der Waals surface area (Å²) in [7, 11) is 0. The second-order valence-electron chi connectivity index (χ2n) is 4.15. The first-order valence-corrected chi connectivity index (χ1v) is 6.88. The largest absolute Gasteiger partial charge is 0.484 e. The van der Waals surface area contributed by atoms with Gasteiger partial charge in [0.1, 0.15) is 18.5 Å². The van der Waals surface area contributed by atoms with Crippen LogP contribution in [-0.2, 0) is 4.79 Å². The van der Waals surface area contributed by atoms with E-state index in [1.807, 2.05) is 6.92 Å². The van der Waals surface area contributed by atoms with Gasteiger partial charge in [-0.05, 0) is 28.9 Å². The van der Waals surface area contributed by atoms with Crippen LogP contribution in [0.25, 0.3) is 0 Å². The Bertz CT molecular complexity index is 541. The van der Waals surface area contributed by atoms with E-state index in [1.54, 1.807) is 0 Å². The zero-order valence-electron chi connectivity index (χ0n) is 11.1. The summed E-state index contributed by atoms with van der Waals surface area (Å²) in [4.78, 5) is 21.2. The fourth-order valence-electron chi connectivity index (χ4n) is 1.49. The summed E-state index contributed by atoms with van der Waals surface area (Å²) in [5, 5.41) is 22.6. The van der Waals surface area contributed by atoms with Gasteiger partial charge < -0.3 is 15.2 Å². The van der Waals surface area contributed by atoms with Gasteiger partial charge in [0.05, 0.1) is 9.40 Å². The van der Waals surface area contributed by atoms with E-state index in [2.05, 4.69) is 21.2 Å². The molecule has 21 heavy (non-hydrogen) atoms. The van der Waals surface area contributed by atoms with Gasteiger partial charge in [0.15, 0.2) is 5.75 Å². The van der Waals surface area contributed by atoms with Crippen molar-refractivity contribution in [1.29, 1.82) is 0 Å². The SMILES string of the molecule is CCCNC(COc1cc(F)c(Br)cc1[N+](=O)[O-])C(=O)O. The Morgan fingerprint density at radius 3 is 2.81 bits per heavy atom. The van der Waals surface area contributed by atoms with Crippen LogP contribution in [0.4, 0.5) is 10.1 Å². The van der Waals surface area contributed by atoms with Gasteiger partial charge in [-0.2, -0.15) is 0 Å². The summed E-state index contributed by atoms with van der Waals surface area (Å²) >= 11 is 2.84. The van der Waals surface area contributed by atoms with Gasteiger partial charge in [-0.1, -0.05) is 6.92 Å². The van der Waals surface area contributed by atoms with Gasteiger partial charge in [0, 0.05) is 12.1 Å². The minimum atomic E-state index is -1.15. The lowest BCUT2D eigenvalue weighted by Gasteiger charge is -2.15. The lowest BCUT2D eigenvalue weighted by Crippen LogP contribution is -2.41. The van der Waals surface area contributed by atoms with Crippen LogP contribution in [-0.4, -0.2) is 35.2 Å². The number of nitrogens with one attached hydrogen (secondary N) is 1. The minimum Gasteiger partial charge on any atom is -0.484 e. The van der Waals surface area contributed by atoms with E-state index in [9.17, 15) is 19.3 Å². The second-order valence-corrected chi connectivity index (χ2v) is 5.00. The van der Waals surface area contributed by atoms with Gasteiger partial charge in [0.25, 0.3) is 0 Å². The van der Waals surface area contributed by atoms with Crippen LogP contribution in [0.1, 0.15) is 13.3 Å². The van der Waals surface area contributed by atoms with Gasteiger partial charge in [-0.3, -0.25) is 14.9 Å². The van der Waals surface area contributed by atoms with Crippen molar-refractivity contribution in [3.8, 4) is 5.75 Å². The number of carboxylic acids is 1. The third-order valence-electron chi connectivity index (χ3n) is 2.54. The van der Waals surface area contributed by atoms with Crippen LogP contribution < -0.4 is 10.1 Å². The standard InChI is InChI=1S/C12H14BrFN2O5/c1-2-3-15-9(12(17)18)6-21-11-5-8(14)7(13)4-10(11)16(19)20/h4-5,9,15H,2-3,6H2,1H3,(H,17,18). The van der Waals surface area contributed by atoms with Crippen LogP contribution in [0.2, 0.25) is 0 Å². The molecular formula is C12H14BrFN2O5. The molecule has 1 rings (SSSR count). The Hall–Kier alpha value is -1.74. The molecule has 0 bridgehead atoms. The van der Waals surface area contributed by atoms with Gasteiger partial charge in [0.2, 0.25) is 0 Å². The zero-order valence-corrected chi connectivity index (χ0v) is 12.7. The number of carboxylic acid groups (broad SMARTS) is 1. The molecule has 0 aliphatic carbocycles. The molecule has 0 amide bonds. The highest BCUT2D eigenvalue weighted by Crippen LogP contribution is 2.32. The Morgan fingerprint density at radius 1 is 1.62 bits per heavy atom. The quantitative estimate of drug-likeness (QED) is 0.542. The lowest BCUT2D eigenvalue weighted by molar-refractivity contribution is -0.386. The highest BCUT2D eigenvalue weighted by atomic mass is 79.9. The van der Waals surface area contributed by atoms with Crippen LogP contribution in [0.5, 0.6) is 5.75 Å². The van der Waals surface area contributed by atoms with Crippen LogP contribution >= 0.6 is 15.9 Å². The normalized spacial score (nSPS) is 12.0. The molecule has 116 valence electrons. The summed E-state index contributed by atoms with van der Waals surface area (Å²) in [6.45, 7) is 1.97. The predicted molar refractivity (Wildman–Crippen MR) is 76.0 cm³/mol. The van der Waals surface area contributed by atoms with Crippen molar-refractivity contribution in [3.05, 3.63) is 32.5 Å². The highest BCUT2D eigenvalue weighted by Gasteiger charge is 2.22. The summed E-state index contributed by atoms with van der Waals surface area (Å²) in [5.41, 5.74) is -0.442. The molecular weight excluding hydrogens is 351 g/mol. The van der Waals surface area contributed by atoms with Crippen molar-refractivity contribution in [2.45, 2.75) is 19.4 Å². The number of nitro benzene ring substituents is 1. The third-order valence-corrected chi connectivity index (χ3v) is 3.15. The number of aliphatic carboxylic acids is 1. The first kappa shape index (κ1) is 17.3.